The molecule has 2 rings (SSSR count). The monoisotopic (exact) mass is 362 g/mol. The first-order chi connectivity index (χ1) is 12.5. The van der Waals surface area contributed by atoms with Gasteiger partial charge in [0.05, 0.1) is 25.4 Å². The van der Waals surface area contributed by atoms with Crippen LogP contribution in [-0.2, 0) is 14.4 Å². The number of piperidine rings is 1. The Morgan fingerprint density at radius 2 is 1.96 bits per heavy atom. The van der Waals surface area contributed by atoms with Crippen molar-refractivity contribution >= 4 is 17.8 Å². The van der Waals surface area contributed by atoms with Gasteiger partial charge in [-0.2, -0.15) is 0 Å². The standard InChI is InChI=1S/C19H26N2O5/c1-20(12-9-18(23)24)19(25)15-6-5-11-21(14-15)17(22)10-13-26-16-7-3-2-4-8-16/h2-4,7-8,15H,5-6,9-14H2,1H3,(H,23,24). The van der Waals surface area contributed by atoms with E-state index in [0.29, 0.717) is 19.7 Å². The van der Waals surface area contributed by atoms with Crippen LogP contribution in [0, 0.1) is 5.92 Å². The number of hydrogen-bond donors (Lipinski definition) is 1. The first-order valence-electron chi connectivity index (χ1n) is 8.89. The maximum atomic E-state index is 12.4. The first-order valence-corrected chi connectivity index (χ1v) is 8.89. The highest BCUT2D eigenvalue weighted by molar-refractivity contribution is 5.81. The zero-order chi connectivity index (χ0) is 18.9. The number of carbonyl (C=O) groups excluding carboxylic acids is 2. The molecule has 0 spiro atoms. The Morgan fingerprint density at radius 1 is 1.23 bits per heavy atom. The normalized spacial score (nSPS) is 16.8. The third-order valence-electron chi connectivity index (χ3n) is 4.49. The molecule has 0 radical (unpaired) electrons. The molecule has 1 saturated heterocycles. The number of carbonyl (C=O) groups is 3. The summed E-state index contributed by atoms with van der Waals surface area (Å²) in [5, 5.41) is 8.73. The van der Waals surface area contributed by atoms with Gasteiger partial charge in [-0.05, 0) is 25.0 Å². The van der Waals surface area contributed by atoms with Crippen molar-refractivity contribution in [1.82, 2.24) is 9.80 Å². The van der Waals surface area contributed by atoms with Crippen LogP contribution in [0.15, 0.2) is 30.3 Å². The van der Waals surface area contributed by atoms with E-state index in [2.05, 4.69) is 0 Å². The summed E-state index contributed by atoms with van der Waals surface area (Å²) in [6.45, 7) is 1.52. The van der Waals surface area contributed by atoms with E-state index < -0.39 is 5.97 Å². The Kier molecular flexibility index (Phi) is 7.44. The molecule has 142 valence electrons. The lowest BCUT2D eigenvalue weighted by Gasteiger charge is -2.34. The van der Waals surface area contributed by atoms with Gasteiger partial charge in [-0.25, -0.2) is 0 Å². The zero-order valence-electron chi connectivity index (χ0n) is 15.1. The number of nitrogens with zero attached hydrogens (tertiary/aromatic N) is 2. The average molecular weight is 362 g/mol. The van der Waals surface area contributed by atoms with Crippen molar-refractivity contribution in [2.75, 3.05) is 33.3 Å². The number of ether oxygens (including phenoxy) is 1. The Labute approximate surface area is 153 Å². The number of aliphatic carboxylic acids is 1. The summed E-state index contributed by atoms with van der Waals surface area (Å²) in [5.41, 5.74) is 0. The van der Waals surface area contributed by atoms with E-state index in [0.717, 1.165) is 18.6 Å². The second kappa shape index (κ2) is 9.79. The molecular weight excluding hydrogens is 336 g/mol. The Morgan fingerprint density at radius 3 is 2.65 bits per heavy atom. The molecule has 0 bridgehead atoms. The summed E-state index contributed by atoms with van der Waals surface area (Å²) in [7, 11) is 1.61. The van der Waals surface area contributed by atoms with Crippen LogP contribution < -0.4 is 4.74 Å². The highest BCUT2D eigenvalue weighted by Gasteiger charge is 2.30. The van der Waals surface area contributed by atoms with Crippen molar-refractivity contribution in [3.8, 4) is 5.75 Å². The molecule has 7 nitrogen and oxygen atoms in total. The first kappa shape index (κ1) is 19.8. The summed E-state index contributed by atoms with van der Waals surface area (Å²) < 4.78 is 5.56. The molecule has 1 aliphatic rings. The largest absolute Gasteiger partial charge is 0.493 e. The lowest BCUT2D eigenvalue weighted by Crippen LogP contribution is -2.46. The van der Waals surface area contributed by atoms with Crippen molar-refractivity contribution in [2.24, 2.45) is 5.92 Å². The number of carboxylic acids is 1. The minimum atomic E-state index is -0.927. The Bertz CT molecular complexity index is 620. The SMILES string of the molecule is CN(CCC(=O)O)C(=O)C1CCCN(C(=O)CCOc2ccccc2)C1. The fraction of sp³-hybridized carbons (Fsp3) is 0.526. The second-order valence-corrected chi connectivity index (χ2v) is 6.49. The van der Waals surface area contributed by atoms with Crippen molar-refractivity contribution in [3.63, 3.8) is 0 Å². The maximum absolute atomic E-state index is 12.4. The number of hydrogen-bond acceptors (Lipinski definition) is 4. The topological polar surface area (TPSA) is 87.2 Å². The lowest BCUT2D eigenvalue weighted by atomic mass is 9.96. The van der Waals surface area contributed by atoms with Gasteiger partial charge in [0.1, 0.15) is 5.75 Å². The molecule has 0 aromatic heterocycles. The van der Waals surface area contributed by atoms with Crippen LogP contribution >= 0.6 is 0 Å². The molecule has 0 aliphatic carbocycles. The summed E-state index contributed by atoms with van der Waals surface area (Å²) in [6, 6.07) is 9.33. The number of amides is 2. The van der Waals surface area contributed by atoms with Gasteiger partial charge in [-0.1, -0.05) is 18.2 Å². The van der Waals surface area contributed by atoms with Crippen molar-refractivity contribution in [1.29, 1.82) is 0 Å². The van der Waals surface area contributed by atoms with Crippen LogP contribution in [0.25, 0.3) is 0 Å². The minimum Gasteiger partial charge on any atom is -0.493 e. The molecule has 1 atom stereocenters. The molecule has 1 N–H and O–H groups in total. The number of likely N-dealkylation sites (tertiary alicyclic amines) is 1. The maximum Gasteiger partial charge on any atom is 0.305 e. The van der Waals surface area contributed by atoms with Crippen LogP contribution in [-0.4, -0.2) is 66.0 Å². The fourth-order valence-corrected chi connectivity index (χ4v) is 3.02. The molecule has 1 fully saturated rings. The van der Waals surface area contributed by atoms with Gasteiger partial charge in [0.15, 0.2) is 0 Å². The van der Waals surface area contributed by atoms with E-state index in [-0.39, 0.29) is 37.1 Å². The molecule has 1 aliphatic heterocycles. The van der Waals surface area contributed by atoms with Gasteiger partial charge in [-0.3, -0.25) is 14.4 Å². The van der Waals surface area contributed by atoms with E-state index in [9.17, 15) is 14.4 Å². The van der Waals surface area contributed by atoms with Crippen LogP contribution in [0.5, 0.6) is 5.75 Å². The van der Waals surface area contributed by atoms with Gasteiger partial charge in [-0.15, -0.1) is 0 Å². The molecule has 26 heavy (non-hydrogen) atoms. The summed E-state index contributed by atoms with van der Waals surface area (Å²) in [6.07, 6.45) is 1.69. The molecule has 0 saturated carbocycles. The van der Waals surface area contributed by atoms with E-state index in [1.54, 1.807) is 11.9 Å². The highest BCUT2D eigenvalue weighted by atomic mass is 16.5. The van der Waals surface area contributed by atoms with Gasteiger partial charge >= 0.3 is 5.97 Å². The third-order valence-corrected chi connectivity index (χ3v) is 4.49. The molecule has 1 heterocycles. The molecule has 1 aromatic rings. The Balaban J connectivity index is 1.78. The molecular formula is C19H26N2O5. The predicted octanol–water partition coefficient (Wildman–Crippen LogP) is 1.63. The van der Waals surface area contributed by atoms with Gasteiger partial charge in [0, 0.05) is 26.7 Å². The number of para-hydroxylation sites is 1. The summed E-state index contributed by atoms with van der Waals surface area (Å²) >= 11 is 0. The smallest absolute Gasteiger partial charge is 0.305 e. The highest BCUT2D eigenvalue weighted by Crippen LogP contribution is 2.19. The van der Waals surface area contributed by atoms with Gasteiger partial charge in [0.2, 0.25) is 11.8 Å². The fourth-order valence-electron chi connectivity index (χ4n) is 3.02. The summed E-state index contributed by atoms with van der Waals surface area (Å²) in [4.78, 5) is 38.6. The molecule has 7 heteroatoms. The average Bonchev–Trinajstić information content (AvgIpc) is 2.66. The van der Waals surface area contributed by atoms with E-state index in [1.165, 1.54) is 4.90 Å². The summed E-state index contributed by atoms with van der Waals surface area (Å²) in [5.74, 6) is -0.576. The lowest BCUT2D eigenvalue weighted by molar-refractivity contribution is -0.141. The number of benzene rings is 1. The second-order valence-electron chi connectivity index (χ2n) is 6.49. The van der Waals surface area contributed by atoms with Gasteiger partial charge < -0.3 is 19.6 Å². The van der Waals surface area contributed by atoms with E-state index >= 15 is 0 Å². The minimum absolute atomic E-state index is 0.0216. The van der Waals surface area contributed by atoms with Gasteiger partial charge in [0.25, 0.3) is 0 Å². The molecule has 1 unspecified atom stereocenters. The predicted molar refractivity (Wildman–Crippen MR) is 95.7 cm³/mol. The quantitative estimate of drug-likeness (QED) is 0.759. The van der Waals surface area contributed by atoms with Crippen LogP contribution in [0.4, 0.5) is 0 Å². The third kappa shape index (κ3) is 6.06. The number of rotatable bonds is 8. The van der Waals surface area contributed by atoms with Crippen molar-refractivity contribution in [2.45, 2.75) is 25.7 Å². The zero-order valence-corrected chi connectivity index (χ0v) is 15.1. The molecule has 1 aromatic carbocycles. The van der Waals surface area contributed by atoms with E-state index in [4.69, 9.17) is 9.84 Å². The van der Waals surface area contributed by atoms with E-state index in [1.807, 2.05) is 30.3 Å². The van der Waals surface area contributed by atoms with Crippen molar-refractivity contribution < 1.29 is 24.2 Å². The molecule has 2 amide bonds. The van der Waals surface area contributed by atoms with Crippen LogP contribution in [0.2, 0.25) is 0 Å². The number of carboxylic acid groups (broad SMARTS) is 1. The van der Waals surface area contributed by atoms with Crippen LogP contribution in [0.1, 0.15) is 25.7 Å². The van der Waals surface area contributed by atoms with Crippen molar-refractivity contribution in [3.05, 3.63) is 30.3 Å². The van der Waals surface area contributed by atoms with Crippen LogP contribution in [0.3, 0.4) is 0 Å². The Hall–Kier alpha value is -2.57.